The quantitative estimate of drug-likeness (QED) is 0.707. The van der Waals surface area contributed by atoms with Crippen LogP contribution in [0.3, 0.4) is 0 Å². The molecule has 2 atom stereocenters. The molecule has 3 nitrogen and oxygen atoms in total. The monoisotopic (exact) mass is 185 g/mol. The second-order valence-electron chi connectivity index (χ2n) is 2.36. The van der Waals surface area contributed by atoms with Gasteiger partial charge in [-0.2, -0.15) is 13.2 Å². The molecule has 0 saturated carbocycles. The van der Waals surface area contributed by atoms with Crippen LogP contribution in [0.4, 0.5) is 13.2 Å². The number of carbonyl (C=O) groups excluding carboxylic acids is 1. The topological polar surface area (TPSA) is 52.3 Å². The van der Waals surface area contributed by atoms with Crippen LogP contribution in [0.15, 0.2) is 0 Å². The average Bonchev–Trinajstić information content (AvgIpc) is 1.85. The summed E-state index contributed by atoms with van der Waals surface area (Å²) in [4.78, 5) is 10.3. The summed E-state index contributed by atoms with van der Waals surface area (Å²) in [5, 5.41) is 0. The summed E-state index contributed by atoms with van der Waals surface area (Å²) in [5.74, 6) is -0.911. The van der Waals surface area contributed by atoms with Crippen LogP contribution in [0.1, 0.15) is 13.8 Å². The lowest BCUT2D eigenvalue weighted by Gasteiger charge is -2.19. The van der Waals surface area contributed by atoms with Crippen molar-refractivity contribution < 1.29 is 22.7 Å². The maximum atomic E-state index is 11.8. The third-order valence-electron chi connectivity index (χ3n) is 1.27. The molecule has 0 spiro atoms. The van der Waals surface area contributed by atoms with E-state index < -0.39 is 24.3 Å². The minimum absolute atomic E-state index is 0.819. The van der Waals surface area contributed by atoms with E-state index in [1.165, 1.54) is 6.92 Å². The number of ether oxygens (including phenoxy) is 1. The number of nitrogens with two attached hydrogens (primary N) is 1. The Morgan fingerprint density at radius 3 is 2.08 bits per heavy atom. The van der Waals surface area contributed by atoms with Crippen LogP contribution < -0.4 is 5.73 Å². The summed E-state index contributed by atoms with van der Waals surface area (Å²) in [5.41, 5.74) is 4.70. The van der Waals surface area contributed by atoms with Crippen molar-refractivity contribution in [1.82, 2.24) is 0 Å². The molecule has 6 heteroatoms. The van der Waals surface area contributed by atoms with Crippen molar-refractivity contribution >= 4 is 5.91 Å². The lowest BCUT2D eigenvalue weighted by molar-refractivity contribution is -0.223. The van der Waals surface area contributed by atoms with Crippen molar-refractivity contribution in [1.29, 1.82) is 0 Å². The molecule has 0 radical (unpaired) electrons. The first-order chi connectivity index (χ1) is 5.25. The maximum Gasteiger partial charge on any atom is 0.414 e. The first kappa shape index (κ1) is 11.2. The van der Waals surface area contributed by atoms with Crippen LogP contribution in [-0.4, -0.2) is 24.3 Å². The summed E-state index contributed by atoms with van der Waals surface area (Å²) in [6.45, 7) is 1.99. The molecule has 72 valence electrons. The largest absolute Gasteiger partial charge is 0.414 e. The Kier molecular flexibility index (Phi) is 3.51. The van der Waals surface area contributed by atoms with Gasteiger partial charge < -0.3 is 10.5 Å². The molecule has 0 fully saturated rings. The van der Waals surface area contributed by atoms with Gasteiger partial charge in [-0.3, -0.25) is 4.79 Å². The normalized spacial score (nSPS) is 17.1. The van der Waals surface area contributed by atoms with Crippen molar-refractivity contribution in [3.8, 4) is 0 Å². The van der Waals surface area contributed by atoms with Crippen LogP contribution in [0.5, 0.6) is 0 Å². The van der Waals surface area contributed by atoms with E-state index in [0.29, 0.717) is 0 Å². The van der Waals surface area contributed by atoms with E-state index in [9.17, 15) is 18.0 Å². The molecule has 0 aromatic heterocycles. The molecule has 0 aliphatic carbocycles. The Labute approximate surface area is 67.7 Å². The van der Waals surface area contributed by atoms with E-state index in [0.717, 1.165) is 6.92 Å². The van der Waals surface area contributed by atoms with Crippen LogP contribution in [0, 0.1) is 0 Å². The number of hydrogen-bond acceptors (Lipinski definition) is 2. The van der Waals surface area contributed by atoms with Gasteiger partial charge in [0.15, 0.2) is 6.10 Å². The van der Waals surface area contributed by atoms with E-state index in [1.54, 1.807) is 0 Å². The fourth-order valence-electron chi connectivity index (χ4n) is 0.450. The van der Waals surface area contributed by atoms with E-state index in [4.69, 9.17) is 5.73 Å². The summed E-state index contributed by atoms with van der Waals surface area (Å²) in [6, 6.07) is 0. The summed E-state index contributed by atoms with van der Waals surface area (Å²) in [7, 11) is 0. The zero-order chi connectivity index (χ0) is 9.94. The summed E-state index contributed by atoms with van der Waals surface area (Å²) in [6.07, 6.45) is -7.65. The number of rotatable bonds is 3. The molecular weight excluding hydrogens is 175 g/mol. The van der Waals surface area contributed by atoms with E-state index in [1.807, 2.05) is 0 Å². The summed E-state index contributed by atoms with van der Waals surface area (Å²) < 4.78 is 39.7. The molecular formula is C6H10F3NO2. The smallest absolute Gasteiger partial charge is 0.367 e. The number of halogens is 3. The maximum absolute atomic E-state index is 11.8. The molecule has 2 unspecified atom stereocenters. The highest BCUT2D eigenvalue weighted by atomic mass is 19.4. The average molecular weight is 185 g/mol. The first-order valence-corrected chi connectivity index (χ1v) is 3.26. The van der Waals surface area contributed by atoms with Crippen molar-refractivity contribution in [3.05, 3.63) is 0 Å². The van der Waals surface area contributed by atoms with Gasteiger partial charge in [-0.15, -0.1) is 0 Å². The molecule has 0 heterocycles. The standard InChI is InChI=1S/C6H10F3NO2/c1-3(5(10)11)12-4(2)6(7,8)9/h3-4H,1-2H3,(H2,10,11). The third-order valence-corrected chi connectivity index (χ3v) is 1.27. The highest BCUT2D eigenvalue weighted by Gasteiger charge is 2.38. The SMILES string of the molecule is CC(OC(C)C(F)(F)F)C(N)=O. The van der Waals surface area contributed by atoms with Crippen molar-refractivity contribution in [2.45, 2.75) is 32.2 Å². The van der Waals surface area contributed by atoms with Gasteiger partial charge in [0, 0.05) is 0 Å². The van der Waals surface area contributed by atoms with Crippen LogP contribution in [0.2, 0.25) is 0 Å². The number of alkyl halides is 3. The van der Waals surface area contributed by atoms with Gasteiger partial charge in [-0.05, 0) is 13.8 Å². The highest BCUT2D eigenvalue weighted by Crippen LogP contribution is 2.23. The number of hydrogen-bond donors (Lipinski definition) is 1. The molecule has 0 bridgehead atoms. The molecule has 0 rings (SSSR count). The van der Waals surface area contributed by atoms with Gasteiger partial charge >= 0.3 is 6.18 Å². The van der Waals surface area contributed by atoms with Crippen molar-refractivity contribution in [3.63, 3.8) is 0 Å². The van der Waals surface area contributed by atoms with Crippen LogP contribution >= 0.6 is 0 Å². The second kappa shape index (κ2) is 3.75. The number of carbonyl (C=O) groups is 1. The molecule has 0 aliphatic heterocycles. The third kappa shape index (κ3) is 3.56. The summed E-state index contributed by atoms with van der Waals surface area (Å²) >= 11 is 0. The minimum Gasteiger partial charge on any atom is -0.367 e. The lowest BCUT2D eigenvalue weighted by Crippen LogP contribution is -2.37. The predicted molar refractivity (Wildman–Crippen MR) is 35.3 cm³/mol. The van der Waals surface area contributed by atoms with E-state index in [2.05, 4.69) is 4.74 Å². The van der Waals surface area contributed by atoms with E-state index in [-0.39, 0.29) is 0 Å². The van der Waals surface area contributed by atoms with Crippen LogP contribution in [-0.2, 0) is 9.53 Å². The Bertz CT molecular complexity index is 169. The Morgan fingerprint density at radius 2 is 1.83 bits per heavy atom. The minimum atomic E-state index is -4.45. The van der Waals surface area contributed by atoms with Gasteiger partial charge in [-0.1, -0.05) is 0 Å². The zero-order valence-electron chi connectivity index (χ0n) is 6.68. The first-order valence-electron chi connectivity index (χ1n) is 3.26. The Balaban J connectivity index is 4.01. The van der Waals surface area contributed by atoms with E-state index >= 15 is 0 Å². The molecule has 0 aliphatic rings. The van der Waals surface area contributed by atoms with Gasteiger partial charge in [0.1, 0.15) is 6.10 Å². The molecule has 12 heavy (non-hydrogen) atoms. The highest BCUT2D eigenvalue weighted by molar-refractivity contribution is 5.78. The fraction of sp³-hybridized carbons (Fsp3) is 0.833. The molecule has 2 N–H and O–H groups in total. The van der Waals surface area contributed by atoms with Gasteiger partial charge in [-0.25, -0.2) is 0 Å². The van der Waals surface area contributed by atoms with Crippen molar-refractivity contribution in [2.75, 3.05) is 0 Å². The molecule has 1 amide bonds. The number of primary amides is 1. The van der Waals surface area contributed by atoms with Gasteiger partial charge in [0.2, 0.25) is 5.91 Å². The fourth-order valence-corrected chi connectivity index (χ4v) is 0.450. The molecule has 0 saturated heterocycles. The van der Waals surface area contributed by atoms with Crippen LogP contribution in [0.25, 0.3) is 0 Å². The zero-order valence-corrected chi connectivity index (χ0v) is 6.68. The lowest BCUT2D eigenvalue weighted by atomic mass is 10.3. The Morgan fingerprint density at radius 1 is 1.42 bits per heavy atom. The second-order valence-corrected chi connectivity index (χ2v) is 2.36. The van der Waals surface area contributed by atoms with Crippen molar-refractivity contribution in [2.24, 2.45) is 5.73 Å². The molecule has 0 aromatic carbocycles. The van der Waals surface area contributed by atoms with Gasteiger partial charge in [0.05, 0.1) is 0 Å². The molecule has 0 aromatic rings. The number of amides is 1. The Hall–Kier alpha value is -0.780. The van der Waals surface area contributed by atoms with Gasteiger partial charge in [0.25, 0.3) is 0 Å². The predicted octanol–water partition coefficient (Wildman–Crippen LogP) is 0.828.